The first-order valence-corrected chi connectivity index (χ1v) is 9.46. The summed E-state index contributed by atoms with van der Waals surface area (Å²) in [5, 5.41) is 2.99. The molecule has 27 heavy (non-hydrogen) atoms. The number of nitrogens with zero attached hydrogens (tertiary/aromatic N) is 2. The molecule has 1 aliphatic rings. The fourth-order valence-corrected chi connectivity index (χ4v) is 3.75. The number of nitrogens with one attached hydrogen (secondary N) is 1. The SMILES string of the molecule is Cc1c(N2CCOCC2)c(C)n(Cc2ccccc2F)c1C(=O)NC(C)C. The number of anilines is 1. The quantitative estimate of drug-likeness (QED) is 0.875. The highest BCUT2D eigenvalue weighted by molar-refractivity contribution is 5.96. The summed E-state index contributed by atoms with van der Waals surface area (Å²) in [6, 6.07) is 6.75. The lowest BCUT2D eigenvalue weighted by atomic mass is 10.1. The zero-order valence-corrected chi connectivity index (χ0v) is 16.5. The second kappa shape index (κ2) is 8.13. The van der Waals surface area contributed by atoms with E-state index < -0.39 is 0 Å². The van der Waals surface area contributed by atoms with E-state index >= 15 is 0 Å². The summed E-state index contributed by atoms with van der Waals surface area (Å²) in [7, 11) is 0. The fourth-order valence-electron chi connectivity index (χ4n) is 3.75. The van der Waals surface area contributed by atoms with Crippen molar-refractivity contribution in [1.82, 2.24) is 9.88 Å². The Balaban J connectivity index is 2.08. The van der Waals surface area contributed by atoms with Gasteiger partial charge < -0.3 is 19.5 Å². The van der Waals surface area contributed by atoms with E-state index in [9.17, 15) is 9.18 Å². The molecule has 2 aromatic rings. The number of amides is 1. The van der Waals surface area contributed by atoms with E-state index in [1.165, 1.54) is 6.07 Å². The van der Waals surface area contributed by atoms with Crippen molar-refractivity contribution in [2.24, 2.45) is 0 Å². The number of carbonyl (C=O) groups excluding carboxylic acids is 1. The first kappa shape index (κ1) is 19.4. The Bertz CT molecular complexity index is 823. The lowest BCUT2D eigenvalue weighted by Gasteiger charge is -2.29. The standard InChI is InChI=1S/C21H28FN3O2/c1-14(2)23-21(26)20-15(3)19(24-9-11-27-12-10-24)16(4)25(20)13-17-7-5-6-8-18(17)22/h5-8,14H,9-13H2,1-4H3,(H,23,26). The molecule has 3 rings (SSSR count). The Kier molecular flexibility index (Phi) is 5.85. The third-order valence-electron chi connectivity index (χ3n) is 4.98. The maximum atomic E-state index is 14.3. The molecule has 0 aliphatic carbocycles. The first-order chi connectivity index (χ1) is 12.9. The van der Waals surface area contributed by atoms with Gasteiger partial charge in [0.1, 0.15) is 11.5 Å². The van der Waals surface area contributed by atoms with Crippen LogP contribution in [0.3, 0.4) is 0 Å². The molecule has 0 saturated carbocycles. The van der Waals surface area contributed by atoms with E-state index in [0.29, 0.717) is 31.0 Å². The van der Waals surface area contributed by atoms with Crippen LogP contribution in [0.25, 0.3) is 0 Å². The molecule has 1 aromatic carbocycles. The Hall–Kier alpha value is -2.34. The largest absolute Gasteiger partial charge is 0.378 e. The van der Waals surface area contributed by atoms with Crippen molar-refractivity contribution in [3.8, 4) is 0 Å². The molecular formula is C21H28FN3O2. The molecule has 0 spiro atoms. The number of rotatable bonds is 5. The van der Waals surface area contributed by atoms with Gasteiger partial charge in [-0.25, -0.2) is 4.39 Å². The van der Waals surface area contributed by atoms with E-state index in [4.69, 9.17) is 4.74 Å². The topological polar surface area (TPSA) is 46.5 Å². The van der Waals surface area contributed by atoms with Crippen LogP contribution in [0.4, 0.5) is 10.1 Å². The number of morpholine rings is 1. The van der Waals surface area contributed by atoms with Gasteiger partial charge in [0.15, 0.2) is 0 Å². The second-order valence-electron chi connectivity index (χ2n) is 7.31. The number of hydrogen-bond acceptors (Lipinski definition) is 3. The molecule has 1 fully saturated rings. The number of halogens is 1. The predicted molar refractivity (Wildman–Crippen MR) is 105 cm³/mol. The monoisotopic (exact) mass is 373 g/mol. The Labute approximate surface area is 160 Å². The minimum atomic E-state index is -0.258. The van der Waals surface area contributed by atoms with E-state index in [1.54, 1.807) is 12.1 Å². The number of ether oxygens (including phenoxy) is 1. The third kappa shape index (κ3) is 4.00. The molecule has 1 saturated heterocycles. The van der Waals surface area contributed by atoms with Crippen LogP contribution < -0.4 is 10.2 Å². The van der Waals surface area contributed by atoms with Crippen molar-refractivity contribution >= 4 is 11.6 Å². The van der Waals surface area contributed by atoms with Gasteiger partial charge in [0.05, 0.1) is 25.4 Å². The van der Waals surface area contributed by atoms with Crippen LogP contribution in [-0.2, 0) is 11.3 Å². The van der Waals surface area contributed by atoms with Crippen molar-refractivity contribution in [1.29, 1.82) is 0 Å². The Morgan fingerprint density at radius 3 is 2.52 bits per heavy atom. The van der Waals surface area contributed by atoms with Crippen molar-refractivity contribution < 1.29 is 13.9 Å². The zero-order valence-electron chi connectivity index (χ0n) is 16.5. The van der Waals surface area contributed by atoms with Crippen LogP contribution in [0.2, 0.25) is 0 Å². The maximum absolute atomic E-state index is 14.3. The van der Waals surface area contributed by atoms with Gasteiger partial charge >= 0.3 is 0 Å². The third-order valence-corrected chi connectivity index (χ3v) is 4.98. The summed E-state index contributed by atoms with van der Waals surface area (Å²) in [4.78, 5) is 15.2. The Morgan fingerprint density at radius 1 is 1.22 bits per heavy atom. The summed E-state index contributed by atoms with van der Waals surface area (Å²) in [6.07, 6.45) is 0. The van der Waals surface area contributed by atoms with Gasteiger partial charge in [0.25, 0.3) is 5.91 Å². The van der Waals surface area contributed by atoms with Crippen LogP contribution >= 0.6 is 0 Å². The second-order valence-corrected chi connectivity index (χ2v) is 7.31. The molecule has 2 heterocycles. The van der Waals surface area contributed by atoms with Crippen LogP contribution in [0.5, 0.6) is 0 Å². The van der Waals surface area contributed by atoms with Gasteiger partial charge in [-0.05, 0) is 33.8 Å². The molecule has 0 atom stereocenters. The van der Waals surface area contributed by atoms with Crippen LogP contribution in [0, 0.1) is 19.7 Å². The number of aromatic nitrogens is 1. The molecule has 1 amide bonds. The smallest absolute Gasteiger partial charge is 0.268 e. The van der Waals surface area contributed by atoms with Crippen molar-refractivity contribution in [2.45, 2.75) is 40.3 Å². The van der Waals surface area contributed by atoms with Gasteiger partial charge in [-0.1, -0.05) is 18.2 Å². The average molecular weight is 373 g/mol. The van der Waals surface area contributed by atoms with E-state index in [0.717, 1.165) is 30.0 Å². The van der Waals surface area contributed by atoms with Crippen LogP contribution in [0.15, 0.2) is 24.3 Å². The number of benzene rings is 1. The number of carbonyl (C=O) groups is 1. The van der Waals surface area contributed by atoms with E-state index in [1.807, 2.05) is 38.3 Å². The summed E-state index contributed by atoms with van der Waals surface area (Å²) in [5.74, 6) is -0.382. The van der Waals surface area contributed by atoms with Gasteiger partial charge in [-0.3, -0.25) is 4.79 Å². The van der Waals surface area contributed by atoms with E-state index in [-0.39, 0.29) is 17.8 Å². The summed E-state index contributed by atoms with van der Waals surface area (Å²) in [6.45, 7) is 11.1. The summed E-state index contributed by atoms with van der Waals surface area (Å²) in [5.41, 5.74) is 4.15. The zero-order chi connectivity index (χ0) is 19.6. The minimum absolute atomic E-state index is 0.0286. The molecule has 0 bridgehead atoms. The molecule has 1 N–H and O–H groups in total. The van der Waals surface area contributed by atoms with Crippen LogP contribution in [-0.4, -0.2) is 42.8 Å². The van der Waals surface area contributed by atoms with Gasteiger partial charge in [-0.2, -0.15) is 0 Å². The van der Waals surface area contributed by atoms with Gasteiger partial charge in [-0.15, -0.1) is 0 Å². The molecule has 1 aliphatic heterocycles. The molecule has 5 nitrogen and oxygen atoms in total. The lowest BCUT2D eigenvalue weighted by Crippen LogP contribution is -2.37. The first-order valence-electron chi connectivity index (χ1n) is 9.46. The lowest BCUT2D eigenvalue weighted by molar-refractivity contribution is 0.0933. The highest BCUT2D eigenvalue weighted by Crippen LogP contribution is 2.32. The highest BCUT2D eigenvalue weighted by Gasteiger charge is 2.27. The summed E-state index contributed by atoms with van der Waals surface area (Å²) >= 11 is 0. The molecule has 1 aromatic heterocycles. The van der Waals surface area contributed by atoms with Crippen LogP contribution in [0.1, 0.15) is 41.2 Å². The molecule has 6 heteroatoms. The fraction of sp³-hybridized carbons (Fsp3) is 0.476. The van der Waals surface area contributed by atoms with Crippen molar-refractivity contribution in [3.05, 3.63) is 52.6 Å². The van der Waals surface area contributed by atoms with E-state index in [2.05, 4.69) is 10.2 Å². The predicted octanol–water partition coefficient (Wildman–Crippen LogP) is 3.27. The normalized spacial score (nSPS) is 14.7. The maximum Gasteiger partial charge on any atom is 0.268 e. The van der Waals surface area contributed by atoms with Gasteiger partial charge in [0, 0.05) is 36.0 Å². The summed E-state index contributed by atoms with van der Waals surface area (Å²) < 4.78 is 21.7. The average Bonchev–Trinajstić information content (AvgIpc) is 2.87. The van der Waals surface area contributed by atoms with Crippen molar-refractivity contribution in [2.75, 3.05) is 31.2 Å². The van der Waals surface area contributed by atoms with Crippen molar-refractivity contribution in [3.63, 3.8) is 0 Å². The Morgan fingerprint density at radius 2 is 1.89 bits per heavy atom. The highest BCUT2D eigenvalue weighted by atomic mass is 19.1. The molecule has 0 unspecified atom stereocenters. The number of hydrogen-bond donors (Lipinski definition) is 1. The molecule has 0 radical (unpaired) electrons. The van der Waals surface area contributed by atoms with Gasteiger partial charge in [0.2, 0.25) is 0 Å². The molecular weight excluding hydrogens is 345 g/mol. The minimum Gasteiger partial charge on any atom is -0.378 e. The molecule has 146 valence electrons.